The Morgan fingerprint density at radius 2 is 2.00 bits per heavy atom. The minimum Gasteiger partial charge on any atom is -0.383 e. The maximum Gasteiger partial charge on any atom is 0.0642 e. The molecular weight excluding hydrogens is 210 g/mol. The predicted octanol–water partition coefficient (Wildman–Crippen LogP) is 3.86. The van der Waals surface area contributed by atoms with Gasteiger partial charge in [0.15, 0.2) is 0 Å². The van der Waals surface area contributed by atoms with E-state index in [1.54, 1.807) is 0 Å². The van der Waals surface area contributed by atoms with Gasteiger partial charge in [-0.05, 0) is 43.9 Å². The van der Waals surface area contributed by atoms with Gasteiger partial charge in [0.2, 0.25) is 0 Å². The SMILES string of the molecule is Cc1cccc(NCCOC(C)CC(C)C)c1. The van der Waals surface area contributed by atoms with Crippen LogP contribution in [-0.2, 0) is 4.74 Å². The van der Waals surface area contributed by atoms with Crippen LogP contribution >= 0.6 is 0 Å². The molecule has 1 aromatic rings. The van der Waals surface area contributed by atoms with E-state index >= 15 is 0 Å². The van der Waals surface area contributed by atoms with Crippen LogP contribution in [0.25, 0.3) is 0 Å². The molecule has 17 heavy (non-hydrogen) atoms. The fourth-order valence-corrected chi connectivity index (χ4v) is 1.94. The van der Waals surface area contributed by atoms with Crippen molar-refractivity contribution in [3.8, 4) is 0 Å². The van der Waals surface area contributed by atoms with Crippen LogP contribution in [0.5, 0.6) is 0 Å². The minimum absolute atomic E-state index is 0.356. The summed E-state index contributed by atoms with van der Waals surface area (Å²) in [6.07, 6.45) is 1.49. The van der Waals surface area contributed by atoms with Crippen LogP contribution in [0.15, 0.2) is 24.3 Å². The molecular formula is C15H25NO. The van der Waals surface area contributed by atoms with E-state index < -0.39 is 0 Å². The molecule has 1 rings (SSSR count). The third kappa shape index (κ3) is 6.32. The second kappa shape index (κ2) is 7.33. The summed E-state index contributed by atoms with van der Waals surface area (Å²) >= 11 is 0. The summed E-state index contributed by atoms with van der Waals surface area (Å²) in [6.45, 7) is 10.3. The van der Waals surface area contributed by atoms with Gasteiger partial charge in [0.05, 0.1) is 12.7 Å². The molecule has 0 saturated carbocycles. The number of hydrogen-bond donors (Lipinski definition) is 1. The van der Waals surface area contributed by atoms with E-state index in [1.807, 2.05) is 0 Å². The summed E-state index contributed by atoms with van der Waals surface area (Å²) in [6, 6.07) is 8.41. The van der Waals surface area contributed by atoms with Crippen molar-refractivity contribution in [2.75, 3.05) is 18.5 Å². The van der Waals surface area contributed by atoms with Crippen molar-refractivity contribution in [3.63, 3.8) is 0 Å². The molecule has 0 amide bonds. The standard InChI is InChI=1S/C15H25NO/c1-12(2)10-14(4)17-9-8-16-15-7-5-6-13(3)11-15/h5-7,11-12,14,16H,8-10H2,1-4H3. The quantitative estimate of drug-likeness (QED) is 0.725. The maximum atomic E-state index is 5.74. The number of ether oxygens (including phenoxy) is 1. The lowest BCUT2D eigenvalue weighted by atomic mass is 10.1. The van der Waals surface area contributed by atoms with Crippen molar-refractivity contribution in [2.45, 2.75) is 40.2 Å². The third-order valence-electron chi connectivity index (χ3n) is 2.65. The molecule has 1 aromatic carbocycles. The van der Waals surface area contributed by atoms with Gasteiger partial charge in [-0.2, -0.15) is 0 Å². The number of rotatable bonds is 7. The van der Waals surface area contributed by atoms with Gasteiger partial charge in [-0.15, -0.1) is 0 Å². The predicted molar refractivity (Wildman–Crippen MR) is 74.5 cm³/mol. The van der Waals surface area contributed by atoms with Gasteiger partial charge in [0, 0.05) is 12.2 Å². The van der Waals surface area contributed by atoms with Crippen LogP contribution in [-0.4, -0.2) is 19.3 Å². The summed E-state index contributed by atoms with van der Waals surface area (Å²) in [5.74, 6) is 0.703. The molecule has 0 aliphatic carbocycles. The molecule has 0 spiro atoms. The second-order valence-corrected chi connectivity index (χ2v) is 5.11. The number of hydrogen-bond acceptors (Lipinski definition) is 2. The van der Waals surface area contributed by atoms with Crippen molar-refractivity contribution in [1.82, 2.24) is 0 Å². The average molecular weight is 235 g/mol. The Bertz CT molecular complexity index is 322. The molecule has 0 aromatic heterocycles. The summed E-state index contributed by atoms with van der Waals surface area (Å²) in [5, 5.41) is 3.37. The van der Waals surface area contributed by atoms with E-state index in [9.17, 15) is 0 Å². The topological polar surface area (TPSA) is 21.3 Å². The molecule has 0 radical (unpaired) electrons. The first-order valence-corrected chi connectivity index (χ1v) is 6.50. The van der Waals surface area contributed by atoms with Gasteiger partial charge in [0.1, 0.15) is 0 Å². The third-order valence-corrected chi connectivity index (χ3v) is 2.65. The summed E-state index contributed by atoms with van der Waals surface area (Å²) in [5.41, 5.74) is 2.45. The Balaban J connectivity index is 2.16. The van der Waals surface area contributed by atoms with Crippen molar-refractivity contribution in [3.05, 3.63) is 29.8 Å². The smallest absolute Gasteiger partial charge is 0.0642 e. The van der Waals surface area contributed by atoms with Crippen molar-refractivity contribution < 1.29 is 4.74 Å². The lowest BCUT2D eigenvalue weighted by Gasteiger charge is -2.15. The normalized spacial score (nSPS) is 12.8. The molecule has 0 aliphatic heterocycles. The summed E-state index contributed by atoms with van der Waals surface area (Å²) in [7, 11) is 0. The molecule has 2 heteroatoms. The molecule has 0 fully saturated rings. The van der Waals surface area contributed by atoms with E-state index in [0.29, 0.717) is 12.0 Å². The van der Waals surface area contributed by atoms with E-state index in [1.165, 1.54) is 11.3 Å². The van der Waals surface area contributed by atoms with Gasteiger partial charge in [-0.25, -0.2) is 0 Å². The highest BCUT2D eigenvalue weighted by Gasteiger charge is 2.04. The van der Waals surface area contributed by atoms with Gasteiger partial charge >= 0.3 is 0 Å². The van der Waals surface area contributed by atoms with Crippen LogP contribution < -0.4 is 5.32 Å². The fourth-order valence-electron chi connectivity index (χ4n) is 1.94. The van der Waals surface area contributed by atoms with Crippen LogP contribution in [0.4, 0.5) is 5.69 Å². The molecule has 1 atom stereocenters. The first kappa shape index (κ1) is 14.0. The number of anilines is 1. The Morgan fingerprint density at radius 3 is 2.65 bits per heavy atom. The van der Waals surface area contributed by atoms with E-state index in [0.717, 1.165) is 19.6 Å². The first-order valence-electron chi connectivity index (χ1n) is 6.50. The van der Waals surface area contributed by atoms with Crippen molar-refractivity contribution >= 4 is 5.69 Å². The largest absolute Gasteiger partial charge is 0.383 e. The molecule has 0 saturated heterocycles. The fraction of sp³-hybridized carbons (Fsp3) is 0.600. The van der Waals surface area contributed by atoms with Gasteiger partial charge < -0.3 is 10.1 Å². The molecule has 2 nitrogen and oxygen atoms in total. The van der Waals surface area contributed by atoms with Crippen molar-refractivity contribution in [1.29, 1.82) is 0 Å². The lowest BCUT2D eigenvalue weighted by Crippen LogP contribution is -2.17. The van der Waals surface area contributed by atoms with Crippen LogP contribution in [0.2, 0.25) is 0 Å². The molecule has 0 heterocycles. The second-order valence-electron chi connectivity index (χ2n) is 5.11. The summed E-state index contributed by atoms with van der Waals surface area (Å²) in [4.78, 5) is 0. The Labute approximate surface area is 105 Å². The average Bonchev–Trinajstić information content (AvgIpc) is 2.23. The first-order chi connectivity index (χ1) is 8.08. The zero-order valence-corrected chi connectivity index (χ0v) is 11.5. The van der Waals surface area contributed by atoms with Crippen LogP contribution in [0, 0.1) is 12.8 Å². The van der Waals surface area contributed by atoms with E-state index in [4.69, 9.17) is 4.74 Å². The van der Waals surface area contributed by atoms with Crippen LogP contribution in [0.1, 0.15) is 32.8 Å². The van der Waals surface area contributed by atoms with Crippen molar-refractivity contribution in [2.24, 2.45) is 5.92 Å². The number of benzene rings is 1. The number of aryl methyl sites for hydroxylation is 1. The highest BCUT2D eigenvalue weighted by atomic mass is 16.5. The lowest BCUT2D eigenvalue weighted by molar-refractivity contribution is 0.0591. The Kier molecular flexibility index (Phi) is 6.06. The Morgan fingerprint density at radius 1 is 1.24 bits per heavy atom. The Hall–Kier alpha value is -1.02. The molecule has 96 valence electrons. The minimum atomic E-state index is 0.356. The van der Waals surface area contributed by atoms with Gasteiger partial charge in [-0.1, -0.05) is 26.0 Å². The molecule has 0 aliphatic rings. The zero-order chi connectivity index (χ0) is 12.7. The van der Waals surface area contributed by atoms with Gasteiger partial charge in [-0.3, -0.25) is 0 Å². The molecule has 1 N–H and O–H groups in total. The monoisotopic (exact) mass is 235 g/mol. The zero-order valence-electron chi connectivity index (χ0n) is 11.5. The summed E-state index contributed by atoms with van der Waals surface area (Å²) < 4.78 is 5.74. The molecule has 1 unspecified atom stereocenters. The van der Waals surface area contributed by atoms with Gasteiger partial charge in [0.25, 0.3) is 0 Å². The highest BCUT2D eigenvalue weighted by Crippen LogP contribution is 2.10. The maximum absolute atomic E-state index is 5.74. The van der Waals surface area contributed by atoms with E-state index in [2.05, 4.69) is 57.3 Å². The number of nitrogens with one attached hydrogen (secondary N) is 1. The van der Waals surface area contributed by atoms with E-state index in [-0.39, 0.29) is 0 Å². The highest BCUT2D eigenvalue weighted by molar-refractivity contribution is 5.45. The molecule has 0 bridgehead atoms. The van der Waals surface area contributed by atoms with Crippen LogP contribution in [0.3, 0.4) is 0 Å².